The van der Waals surface area contributed by atoms with Gasteiger partial charge in [0.15, 0.2) is 0 Å². The molecule has 32 heavy (non-hydrogen) atoms. The number of amides is 1. The van der Waals surface area contributed by atoms with Crippen molar-refractivity contribution in [3.05, 3.63) is 66.2 Å². The van der Waals surface area contributed by atoms with Crippen LogP contribution in [0.2, 0.25) is 0 Å². The molecule has 5 rings (SSSR count). The summed E-state index contributed by atoms with van der Waals surface area (Å²) in [5.74, 6) is 1.53. The molecule has 0 aliphatic carbocycles. The number of nitrogens with one attached hydrogen (secondary N) is 1. The number of aromatic amines is 1. The summed E-state index contributed by atoms with van der Waals surface area (Å²) in [5.41, 5.74) is 4.19. The van der Waals surface area contributed by atoms with Crippen LogP contribution in [0.1, 0.15) is 17.9 Å². The Balaban J connectivity index is 1.30. The molecular weight excluding hydrogens is 402 g/mol. The zero-order chi connectivity index (χ0) is 22.1. The van der Waals surface area contributed by atoms with Gasteiger partial charge in [-0.15, -0.1) is 0 Å². The van der Waals surface area contributed by atoms with Gasteiger partial charge in [-0.05, 0) is 44.1 Å². The number of para-hydroxylation sites is 2. The van der Waals surface area contributed by atoms with Crippen LogP contribution in [-0.2, 0) is 17.6 Å². The van der Waals surface area contributed by atoms with Crippen LogP contribution in [-0.4, -0.2) is 53.1 Å². The monoisotopic (exact) mass is 429 g/mol. The molecule has 1 atom stereocenters. The molecule has 7 heteroatoms. The molecule has 3 heterocycles. The number of H-pyrrole nitrogens is 1. The molecule has 0 saturated heterocycles. The number of hydrogen-bond donors (Lipinski definition) is 1. The van der Waals surface area contributed by atoms with Gasteiger partial charge in [0.05, 0.1) is 0 Å². The summed E-state index contributed by atoms with van der Waals surface area (Å²) in [6, 6.07) is 16.2. The van der Waals surface area contributed by atoms with E-state index in [1.54, 1.807) is 0 Å². The Morgan fingerprint density at radius 2 is 2.00 bits per heavy atom. The van der Waals surface area contributed by atoms with Crippen LogP contribution >= 0.6 is 0 Å². The van der Waals surface area contributed by atoms with E-state index >= 15 is 0 Å². The number of carbonyl (C=O) groups is 1. The predicted molar refractivity (Wildman–Crippen MR) is 124 cm³/mol. The van der Waals surface area contributed by atoms with Crippen LogP contribution in [0.25, 0.3) is 22.3 Å². The van der Waals surface area contributed by atoms with Gasteiger partial charge in [-0.3, -0.25) is 4.79 Å². The number of aromatic nitrogens is 3. The summed E-state index contributed by atoms with van der Waals surface area (Å²) in [6.07, 6.45) is 3.64. The number of benzene rings is 2. The van der Waals surface area contributed by atoms with Crippen molar-refractivity contribution >= 4 is 22.5 Å². The SMILES string of the molecule is CN(C)CC1Cc2ccccc2N(C(=O)CCc2nc(-c3c[nH]c4ccccc34)no2)C1. The second-order valence-corrected chi connectivity index (χ2v) is 8.73. The third kappa shape index (κ3) is 4.03. The van der Waals surface area contributed by atoms with Gasteiger partial charge in [0.25, 0.3) is 0 Å². The van der Waals surface area contributed by atoms with Crippen molar-refractivity contribution in [3.8, 4) is 11.4 Å². The van der Waals surface area contributed by atoms with E-state index in [0.29, 0.717) is 30.5 Å². The fourth-order valence-electron chi connectivity index (χ4n) is 4.62. The Labute approximate surface area is 187 Å². The first kappa shape index (κ1) is 20.5. The third-order valence-electron chi connectivity index (χ3n) is 6.01. The lowest BCUT2D eigenvalue weighted by Gasteiger charge is -2.35. The number of carbonyl (C=O) groups excluding carboxylic acids is 1. The first-order valence-corrected chi connectivity index (χ1v) is 11.0. The van der Waals surface area contributed by atoms with E-state index in [2.05, 4.69) is 40.2 Å². The summed E-state index contributed by atoms with van der Waals surface area (Å²) in [7, 11) is 4.15. The van der Waals surface area contributed by atoms with E-state index in [4.69, 9.17) is 4.52 Å². The van der Waals surface area contributed by atoms with E-state index in [1.807, 2.05) is 53.6 Å². The summed E-state index contributed by atoms with van der Waals surface area (Å²) in [6.45, 7) is 1.69. The summed E-state index contributed by atoms with van der Waals surface area (Å²) in [4.78, 5) is 25.1. The average Bonchev–Trinajstić information content (AvgIpc) is 3.43. The zero-order valence-electron chi connectivity index (χ0n) is 18.4. The van der Waals surface area contributed by atoms with Gasteiger partial charge < -0.3 is 19.3 Å². The average molecular weight is 430 g/mol. The van der Waals surface area contributed by atoms with Crippen LogP contribution in [0.3, 0.4) is 0 Å². The third-order valence-corrected chi connectivity index (χ3v) is 6.01. The predicted octanol–water partition coefficient (Wildman–Crippen LogP) is 3.92. The number of fused-ring (bicyclic) bond motifs is 2. The molecule has 1 N–H and O–H groups in total. The number of anilines is 1. The molecule has 1 aliphatic heterocycles. The molecule has 0 radical (unpaired) electrons. The number of aryl methyl sites for hydroxylation is 1. The van der Waals surface area contributed by atoms with E-state index in [9.17, 15) is 4.79 Å². The molecule has 1 aliphatic rings. The van der Waals surface area contributed by atoms with Crippen LogP contribution in [0.4, 0.5) is 5.69 Å². The molecule has 4 aromatic rings. The molecule has 164 valence electrons. The van der Waals surface area contributed by atoms with Gasteiger partial charge in [-0.2, -0.15) is 4.98 Å². The van der Waals surface area contributed by atoms with Crippen molar-refractivity contribution in [1.82, 2.24) is 20.0 Å². The van der Waals surface area contributed by atoms with E-state index in [0.717, 1.165) is 41.7 Å². The maximum absolute atomic E-state index is 13.2. The molecule has 7 nitrogen and oxygen atoms in total. The highest BCUT2D eigenvalue weighted by molar-refractivity contribution is 5.95. The second-order valence-electron chi connectivity index (χ2n) is 8.73. The standard InChI is InChI=1S/C25H27N5O2/c1-29(2)15-17-13-18-7-3-6-10-22(18)30(16-17)24(31)12-11-23-27-25(28-32-23)20-14-26-21-9-5-4-8-19(20)21/h3-10,14,17,26H,11-13,15-16H2,1-2H3. The van der Waals surface area contributed by atoms with E-state index in [1.165, 1.54) is 5.56 Å². The molecule has 0 saturated carbocycles. The minimum Gasteiger partial charge on any atom is -0.360 e. The highest BCUT2D eigenvalue weighted by Crippen LogP contribution is 2.31. The van der Waals surface area contributed by atoms with Gasteiger partial charge in [-0.25, -0.2) is 0 Å². The van der Waals surface area contributed by atoms with Gasteiger partial charge in [0.1, 0.15) is 0 Å². The number of rotatable bonds is 6. The Bertz CT molecular complexity index is 1240. The van der Waals surface area contributed by atoms with Gasteiger partial charge in [0, 0.05) is 54.3 Å². The van der Waals surface area contributed by atoms with Gasteiger partial charge in [-0.1, -0.05) is 41.6 Å². The first-order valence-electron chi connectivity index (χ1n) is 11.0. The lowest BCUT2D eigenvalue weighted by Crippen LogP contribution is -2.43. The Morgan fingerprint density at radius 1 is 1.19 bits per heavy atom. The minimum absolute atomic E-state index is 0.0905. The molecular formula is C25H27N5O2. The molecule has 1 unspecified atom stereocenters. The largest absolute Gasteiger partial charge is 0.360 e. The Hall–Kier alpha value is -3.45. The lowest BCUT2D eigenvalue weighted by atomic mass is 9.91. The maximum Gasteiger partial charge on any atom is 0.227 e. The summed E-state index contributed by atoms with van der Waals surface area (Å²) in [5, 5.41) is 5.19. The highest BCUT2D eigenvalue weighted by atomic mass is 16.5. The van der Waals surface area contributed by atoms with Crippen molar-refractivity contribution in [2.45, 2.75) is 19.3 Å². The normalized spacial score (nSPS) is 16.0. The van der Waals surface area contributed by atoms with Crippen molar-refractivity contribution in [1.29, 1.82) is 0 Å². The summed E-state index contributed by atoms with van der Waals surface area (Å²) >= 11 is 0. The molecule has 2 aromatic carbocycles. The quantitative estimate of drug-likeness (QED) is 0.503. The highest BCUT2D eigenvalue weighted by Gasteiger charge is 2.28. The van der Waals surface area contributed by atoms with Crippen LogP contribution in [0.5, 0.6) is 0 Å². The molecule has 0 fully saturated rings. The lowest BCUT2D eigenvalue weighted by molar-refractivity contribution is -0.118. The Morgan fingerprint density at radius 3 is 2.88 bits per heavy atom. The number of hydrogen-bond acceptors (Lipinski definition) is 5. The van der Waals surface area contributed by atoms with Crippen LogP contribution in [0.15, 0.2) is 59.3 Å². The maximum atomic E-state index is 13.2. The van der Waals surface area contributed by atoms with Crippen molar-refractivity contribution in [3.63, 3.8) is 0 Å². The minimum atomic E-state index is 0.0905. The van der Waals surface area contributed by atoms with Crippen molar-refractivity contribution in [2.75, 3.05) is 32.1 Å². The van der Waals surface area contributed by atoms with Crippen molar-refractivity contribution in [2.24, 2.45) is 5.92 Å². The van der Waals surface area contributed by atoms with E-state index < -0.39 is 0 Å². The second kappa shape index (κ2) is 8.59. The first-order chi connectivity index (χ1) is 15.6. The van der Waals surface area contributed by atoms with E-state index in [-0.39, 0.29) is 5.91 Å². The molecule has 1 amide bonds. The van der Waals surface area contributed by atoms with Crippen LogP contribution in [0, 0.1) is 5.92 Å². The fourth-order valence-corrected chi connectivity index (χ4v) is 4.62. The Kier molecular flexibility index (Phi) is 5.49. The zero-order valence-corrected chi connectivity index (χ0v) is 18.4. The van der Waals surface area contributed by atoms with Gasteiger partial charge in [0.2, 0.25) is 17.6 Å². The van der Waals surface area contributed by atoms with Gasteiger partial charge >= 0.3 is 0 Å². The topological polar surface area (TPSA) is 78.3 Å². The fraction of sp³-hybridized carbons (Fsp3) is 0.320. The van der Waals surface area contributed by atoms with Crippen LogP contribution < -0.4 is 4.90 Å². The molecule has 0 bridgehead atoms. The summed E-state index contributed by atoms with van der Waals surface area (Å²) < 4.78 is 5.47. The molecule has 2 aromatic heterocycles. The van der Waals surface area contributed by atoms with Crippen molar-refractivity contribution < 1.29 is 9.32 Å². The molecule has 0 spiro atoms. The number of nitrogens with zero attached hydrogens (tertiary/aromatic N) is 4. The smallest absolute Gasteiger partial charge is 0.227 e.